The Balaban J connectivity index is 1.91. The normalized spacial score (nSPS) is 33.4. The first-order valence-electron chi connectivity index (χ1n) is 6.23. The molecule has 1 heterocycles. The average molecular weight is 241 g/mol. The molecule has 0 aromatic heterocycles. The second kappa shape index (κ2) is 5.04. The first-order valence-corrected chi connectivity index (χ1v) is 6.23. The van der Waals surface area contributed by atoms with Crippen LogP contribution in [0.1, 0.15) is 25.7 Å². The van der Waals surface area contributed by atoms with Crippen molar-refractivity contribution in [2.24, 2.45) is 17.8 Å². The van der Waals surface area contributed by atoms with Gasteiger partial charge in [0.2, 0.25) is 5.91 Å². The van der Waals surface area contributed by atoms with Crippen molar-refractivity contribution in [2.45, 2.75) is 25.7 Å². The van der Waals surface area contributed by atoms with Crippen LogP contribution in [-0.2, 0) is 9.59 Å². The monoisotopic (exact) mass is 241 g/mol. The van der Waals surface area contributed by atoms with Gasteiger partial charge in [-0.3, -0.25) is 9.59 Å². The molecule has 17 heavy (non-hydrogen) atoms. The van der Waals surface area contributed by atoms with E-state index in [9.17, 15) is 14.7 Å². The van der Waals surface area contributed by atoms with Crippen LogP contribution in [0.4, 0.5) is 0 Å². The third-order valence-electron chi connectivity index (χ3n) is 4.07. The van der Waals surface area contributed by atoms with Crippen molar-refractivity contribution in [1.29, 1.82) is 0 Å². The van der Waals surface area contributed by atoms with Crippen LogP contribution in [0.25, 0.3) is 0 Å². The number of rotatable bonds is 4. The lowest BCUT2D eigenvalue weighted by Crippen LogP contribution is -2.33. The predicted octanol–water partition coefficient (Wildman–Crippen LogP) is 0.328. The Morgan fingerprint density at radius 2 is 2.06 bits per heavy atom. The van der Waals surface area contributed by atoms with E-state index in [-0.39, 0.29) is 24.9 Å². The molecule has 2 rings (SSSR count). The maximum Gasteiger partial charge on any atom is 0.308 e. The molecular weight excluding hydrogens is 222 g/mol. The topological polar surface area (TPSA) is 77.8 Å². The third-order valence-corrected chi connectivity index (χ3v) is 4.07. The quantitative estimate of drug-likeness (QED) is 0.743. The molecule has 2 N–H and O–H groups in total. The van der Waals surface area contributed by atoms with Crippen molar-refractivity contribution in [3.63, 3.8) is 0 Å². The summed E-state index contributed by atoms with van der Waals surface area (Å²) in [5.74, 6) is -0.855. The van der Waals surface area contributed by atoms with Crippen LogP contribution < -0.4 is 0 Å². The van der Waals surface area contributed by atoms with Gasteiger partial charge in [0.1, 0.15) is 0 Å². The van der Waals surface area contributed by atoms with Crippen LogP contribution in [0.2, 0.25) is 0 Å². The fourth-order valence-electron chi connectivity index (χ4n) is 2.99. The lowest BCUT2D eigenvalue weighted by atomic mass is 9.96. The molecule has 1 aliphatic carbocycles. The van der Waals surface area contributed by atoms with Gasteiger partial charge < -0.3 is 15.1 Å². The van der Waals surface area contributed by atoms with E-state index >= 15 is 0 Å². The fraction of sp³-hybridized carbons (Fsp3) is 0.833. The number of amides is 1. The number of carbonyl (C=O) groups is 2. The van der Waals surface area contributed by atoms with Gasteiger partial charge in [-0.2, -0.15) is 0 Å². The van der Waals surface area contributed by atoms with Crippen LogP contribution in [0.5, 0.6) is 0 Å². The second-order valence-corrected chi connectivity index (χ2v) is 5.17. The SMILES string of the molecule is O=C(O)C1CC(=O)N(CC2CCCC2CO)C1. The number of hydrogen-bond donors (Lipinski definition) is 2. The number of carboxylic acids is 1. The number of hydrogen-bond acceptors (Lipinski definition) is 3. The Bertz CT molecular complexity index is 318. The van der Waals surface area contributed by atoms with E-state index < -0.39 is 11.9 Å². The van der Waals surface area contributed by atoms with E-state index in [0.717, 1.165) is 19.3 Å². The fourth-order valence-corrected chi connectivity index (χ4v) is 2.99. The molecule has 1 saturated carbocycles. The van der Waals surface area contributed by atoms with E-state index in [1.807, 2.05) is 0 Å². The van der Waals surface area contributed by atoms with Crippen molar-refractivity contribution in [1.82, 2.24) is 4.90 Å². The molecule has 2 fully saturated rings. The number of nitrogens with zero attached hydrogens (tertiary/aromatic N) is 1. The van der Waals surface area contributed by atoms with Gasteiger partial charge in [0.15, 0.2) is 0 Å². The van der Waals surface area contributed by atoms with Gasteiger partial charge in [0, 0.05) is 26.1 Å². The lowest BCUT2D eigenvalue weighted by Gasteiger charge is -2.24. The molecule has 1 saturated heterocycles. The maximum atomic E-state index is 11.7. The van der Waals surface area contributed by atoms with Crippen LogP contribution in [-0.4, -0.2) is 46.7 Å². The summed E-state index contributed by atoms with van der Waals surface area (Å²) in [4.78, 5) is 24.2. The molecule has 1 aliphatic heterocycles. The summed E-state index contributed by atoms with van der Waals surface area (Å²) in [6, 6.07) is 0. The Kier molecular flexibility index (Phi) is 3.66. The van der Waals surface area contributed by atoms with E-state index in [2.05, 4.69) is 0 Å². The zero-order valence-corrected chi connectivity index (χ0v) is 9.84. The second-order valence-electron chi connectivity index (χ2n) is 5.17. The summed E-state index contributed by atoms with van der Waals surface area (Å²) in [6.07, 6.45) is 3.28. The molecule has 96 valence electrons. The van der Waals surface area contributed by atoms with Crippen LogP contribution in [0, 0.1) is 17.8 Å². The summed E-state index contributed by atoms with van der Waals surface area (Å²) < 4.78 is 0. The number of aliphatic hydroxyl groups excluding tert-OH is 1. The third kappa shape index (κ3) is 2.60. The highest BCUT2D eigenvalue weighted by Gasteiger charge is 2.37. The minimum Gasteiger partial charge on any atom is -0.481 e. The number of aliphatic carboxylic acids is 1. The molecule has 3 atom stereocenters. The highest BCUT2D eigenvalue weighted by Crippen LogP contribution is 2.33. The van der Waals surface area contributed by atoms with Gasteiger partial charge in [-0.25, -0.2) is 0 Å². The number of aliphatic hydroxyl groups is 1. The van der Waals surface area contributed by atoms with Crippen LogP contribution >= 0.6 is 0 Å². The number of carboxylic acid groups (broad SMARTS) is 1. The number of likely N-dealkylation sites (tertiary alicyclic amines) is 1. The van der Waals surface area contributed by atoms with Crippen LogP contribution in [0.15, 0.2) is 0 Å². The first kappa shape index (κ1) is 12.4. The van der Waals surface area contributed by atoms with E-state index in [1.165, 1.54) is 0 Å². The van der Waals surface area contributed by atoms with Gasteiger partial charge >= 0.3 is 5.97 Å². The molecule has 5 nitrogen and oxygen atoms in total. The molecule has 5 heteroatoms. The molecule has 0 aromatic rings. The molecule has 0 spiro atoms. The van der Waals surface area contributed by atoms with Crippen molar-refractivity contribution in [3.8, 4) is 0 Å². The molecule has 0 radical (unpaired) electrons. The Labute approximate surface area is 100 Å². The zero-order valence-electron chi connectivity index (χ0n) is 9.84. The van der Waals surface area contributed by atoms with E-state index in [4.69, 9.17) is 5.11 Å². The number of carbonyl (C=O) groups excluding carboxylic acids is 1. The smallest absolute Gasteiger partial charge is 0.308 e. The summed E-state index contributed by atoms with van der Waals surface area (Å²) in [5.41, 5.74) is 0. The standard InChI is InChI=1S/C12H19NO4/c14-7-9-3-1-2-8(9)5-13-6-10(12(16)17)4-11(13)15/h8-10,14H,1-7H2,(H,16,17). The summed E-state index contributed by atoms with van der Waals surface area (Å²) in [7, 11) is 0. The van der Waals surface area contributed by atoms with E-state index in [0.29, 0.717) is 19.0 Å². The molecule has 1 amide bonds. The van der Waals surface area contributed by atoms with Crippen molar-refractivity contribution >= 4 is 11.9 Å². The molecule has 0 bridgehead atoms. The maximum absolute atomic E-state index is 11.7. The largest absolute Gasteiger partial charge is 0.481 e. The highest BCUT2D eigenvalue weighted by atomic mass is 16.4. The molecule has 2 aliphatic rings. The Morgan fingerprint density at radius 3 is 2.65 bits per heavy atom. The van der Waals surface area contributed by atoms with Crippen LogP contribution in [0.3, 0.4) is 0 Å². The molecule has 3 unspecified atom stereocenters. The molecular formula is C12H19NO4. The minimum atomic E-state index is -0.883. The van der Waals surface area contributed by atoms with Gasteiger partial charge in [-0.15, -0.1) is 0 Å². The Morgan fingerprint density at radius 1 is 1.35 bits per heavy atom. The minimum absolute atomic E-state index is 0.0546. The van der Waals surface area contributed by atoms with Crippen molar-refractivity contribution in [2.75, 3.05) is 19.7 Å². The first-order chi connectivity index (χ1) is 8.11. The average Bonchev–Trinajstić information content (AvgIpc) is 2.87. The van der Waals surface area contributed by atoms with Gasteiger partial charge in [-0.05, 0) is 24.7 Å². The highest BCUT2D eigenvalue weighted by molar-refractivity contribution is 5.86. The summed E-state index contributed by atoms with van der Waals surface area (Å²) in [6.45, 7) is 1.13. The van der Waals surface area contributed by atoms with Crippen molar-refractivity contribution in [3.05, 3.63) is 0 Å². The van der Waals surface area contributed by atoms with Crippen molar-refractivity contribution < 1.29 is 19.8 Å². The summed E-state index contributed by atoms with van der Waals surface area (Å²) >= 11 is 0. The lowest BCUT2D eigenvalue weighted by molar-refractivity contribution is -0.141. The van der Waals surface area contributed by atoms with Gasteiger partial charge in [0.05, 0.1) is 5.92 Å². The zero-order chi connectivity index (χ0) is 12.4. The Hall–Kier alpha value is -1.10. The predicted molar refractivity (Wildman–Crippen MR) is 60.2 cm³/mol. The van der Waals surface area contributed by atoms with Gasteiger partial charge in [-0.1, -0.05) is 6.42 Å². The van der Waals surface area contributed by atoms with Gasteiger partial charge in [0.25, 0.3) is 0 Å². The summed E-state index contributed by atoms with van der Waals surface area (Å²) in [5, 5.41) is 18.1. The van der Waals surface area contributed by atoms with E-state index in [1.54, 1.807) is 4.90 Å². The molecule has 0 aromatic carbocycles.